The Labute approximate surface area is 154 Å². The fourth-order valence-corrected chi connectivity index (χ4v) is 3.67. The van der Waals surface area contributed by atoms with E-state index >= 15 is 0 Å². The fourth-order valence-electron chi connectivity index (χ4n) is 2.37. The van der Waals surface area contributed by atoms with Gasteiger partial charge in [0.05, 0.1) is 24.8 Å². The van der Waals surface area contributed by atoms with E-state index in [1.807, 2.05) is 6.07 Å². The van der Waals surface area contributed by atoms with Gasteiger partial charge in [0.25, 0.3) is 5.91 Å². The van der Waals surface area contributed by atoms with Crippen LogP contribution in [-0.2, 0) is 4.79 Å². The number of thiocarbonyl (C=S) groups is 1. The molecule has 128 valence electrons. The van der Waals surface area contributed by atoms with Gasteiger partial charge in [-0.3, -0.25) is 9.69 Å². The Morgan fingerprint density at radius 1 is 1.08 bits per heavy atom. The van der Waals surface area contributed by atoms with Crippen molar-refractivity contribution in [2.75, 3.05) is 19.1 Å². The van der Waals surface area contributed by atoms with Crippen molar-refractivity contribution in [2.24, 2.45) is 0 Å². The molecule has 1 aliphatic heterocycles. The Morgan fingerprint density at radius 2 is 1.76 bits per heavy atom. The number of hydrogen-bond donors (Lipinski definition) is 0. The van der Waals surface area contributed by atoms with Crippen LogP contribution in [0.15, 0.2) is 47.4 Å². The summed E-state index contributed by atoms with van der Waals surface area (Å²) in [5.41, 5.74) is 1.33. The smallest absolute Gasteiger partial charge is 0.270 e. The second-order valence-electron chi connectivity index (χ2n) is 5.11. The third-order valence-electron chi connectivity index (χ3n) is 3.58. The molecule has 4 nitrogen and oxygen atoms in total. The lowest BCUT2D eigenvalue weighted by Gasteiger charge is -2.14. The van der Waals surface area contributed by atoms with Crippen LogP contribution in [0.5, 0.6) is 11.5 Å². The summed E-state index contributed by atoms with van der Waals surface area (Å²) in [4.78, 5) is 14.6. The predicted molar refractivity (Wildman–Crippen MR) is 102 cm³/mol. The lowest BCUT2D eigenvalue weighted by Crippen LogP contribution is -2.27. The van der Waals surface area contributed by atoms with E-state index in [1.165, 1.54) is 40.9 Å². The van der Waals surface area contributed by atoms with Gasteiger partial charge in [0, 0.05) is 0 Å². The summed E-state index contributed by atoms with van der Waals surface area (Å²) < 4.78 is 24.0. The predicted octanol–water partition coefficient (Wildman–Crippen LogP) is 4.25. The number of amides is 1. The third-order valence-corrected chi connectivity index (χ3v) is 4.89. The van der Waals surface area contributed by atoms with E-state index in [9.17, 15) is 9.18 Å². The normalized spacial score (nSPS) is 15.8. The highest BCUT2D eigenvalue weighted by atomic mass is 32.2. The Balaban J connectivity index is 1.91. The number of rotatable bonds is 4. The van der Waals surface area contributed by atoms with Gasteiger partial charge < -0.3 is 9.47 Å². The molecule has 0 bridgehead atoms. The highest BCUT2D eigenvalue weighted by molar-refractivity contribution is 8.27. The number of carbonyl (C=O) groups excluding carboxylic acids is 1. The second kappa shape index (κ2) is 7.25. The molecule has 0 atom stereocenters. The van der Waals surface area contributed by atoms with Crippen LogP contribution in [0, 0.1) is 5.82 Å². The molecule has 1 saturated heterocycles. The Hall–Kier alpha value is -2.38. The van der Waals surface area contributed by atoms with E-state index in [2.05, 4.69) is 0 Å². The van der Waals surface area contributed by atoms with E-state index in [0.717, 1.165) is 5.56 Å². The van der Waals surface area contributed by atoms with E-state index in [-0.39, 0.29) is 11.7 Å². The van der Waals surface area contributed by atoms with Crippen LogP contribution >= 0.6 is 24.0 Å². The Bertz CT molecular complexity index is 865. The standard InChI is InChI=1S/C18H14FNO3S2/c1-22-14-8-3-11(9-15(14)23-2)10-16-17(21)20(18(24)25-16)13-6-4-12(19)5-7-13/h3-10H,1-2H3. The molecule has 0 N–H and O–H groups in total. The van der Waals surface area contributed by atoms with Crippen LogP contribution < -0.4 is 14.4 Å². The van der Waals surface area contributed by atoms with Crippen molar-refractivity contribution in [2.45, 2.75) is 0 Å². The SMILES string of the molecule is COc1ccc(C=C2SC(=S)N(c3ccc(F)cc3)C2=O)cc1OC. The monoisotopic (exact) mass is 375 g/mol. The third kappa shape index (κ3) is 3.52. The van der Waals surface area contributed by atoms with E-state index in [4.69, 9.17) is 21.7 Å². The molecular formula is C18H14FNO3S2. The van der Waals surface area contributed by atoms with Crippen molar-refractivity contribution in [3.63, 3.8) is 0 Å². The maximum absolute atomic E-state index is 13.1. The summed E-state index contributed by atoms with van der Waals surface area (Å²) in [6, 6.07) is 11.0. The molecule has 1 heterocycles. The highest BCUT2D eigenvalue weighted by Crippen LogP contribution is 2.37. The van der Waals surface area contributed by atoms with Gasteiger partial charge >= 0.3 is 0 Å². The number of thioether (sulfide) groups is 1. The number of carbonyl (C=O) groups is 1. The van der Waals surface area contributed by atoms with Crippen LogP contribution in [0.4, 0.5) is 10.1 Å². The van der Waals surface area contributed by atoms with Crippen molar-refractivity contribution >= 4 is 46.0 Å². The maximum atomic E-state index is 13.1. The van der Waals surface area contributed by atoms with Crippen molar-refractivity contribution in [1.29, 1.82) is 0 Å². The minimum atomic E-state index is -0.366. The van der Waals surface area contributed by atoms with Gasteiger partial charge in [-0.05, 0) is 48.0 Å². The number of anilines is 1. The maximum Gasteiger partial charge on any atom is 0.270 e. The molecule has 0 radical (unpaired) electrons. The van der Waals surface area contributed by atoms with Crippen molar-refractivity contribution in [3.05, 3.63) is 58.8 Å². The molecule has 0 spiro atoms. The Kier molecular flexibility index (Phi) is 5.06. The van der Waals surface area contributed by atoms with Crippen LogP contribution in [0.1, 0.15) is 5.56 Å². The molecule has 0 aliphatic carbocycles. The van der Waals surface area contributed by atoms with Gasteiger partial charge in [-0.1, -0.05) is 30.0 Å². The van der Waals surface area contributed by atoms with Gasteiger partial charge in [0.1, 0.15) is 5.82 Å². The zero-order valence-electron chi connectivity index (χ0n) is 13.5. The first-order valence-corrected chi connectivity index (χ1v) is 8.51. The summed E-state index contributed by atoms with van der Waals surface area (Å²) >= 11 is 6.50. The first-order valence-electron chi connectivity index (χ1n) is 7.29. The van der Waals surface area contributed by atoms with Crippen LogP contribution in [-0.4, -0.2) is 24.4 Å². The lowest BCUT2D eigenvalue weighted by atomic mass is 10.2. The van der Waals surface area contributed by atoms with E-state index in [1.54, 1.807) is 32.4 Å². The Morgan fingerprint density at radius 3 is 2.40 bits per heavy atom. The van der Waals surface area contributed by atoms with E-state index < -0.39 is 0 Å². The number of nitrogens with zero attached hydrogens (tertiary/aromatic N) is 1. The molecule has 0 aromatic heterocycles. The molecule has 25 heavy (non-hydrogen) atoms. The number of halogens is 1. The number of methoxy groups -OCH3 is 2. The zero-order valence-corrected chi connectivity index (χ0v) is 15.1. The molecule has 2 aromatic rings. The number of ether oxygens (including phenoxy) is 2. The lowest BCUT2D eigenvalue weighted by molar-refractivity contribution is -0.113. The fraction of sp³-hybridized carbons (Fsp3) is 0.111. The number of hydrogen-bond acceptors (Lipinski definition) is 5. The molecule has 2 aromatic carbocycles. The average Bonchev–Trinajstić information content (AvgIpc) is 2.89. The van der Waals surface area contributed by atoms with Crippen LogP contribution in [0.2, 0.25) is 0 Å². The first kappa shape index (κ1) is 17.4. The van der Waals surface area contributed by atoms with Crippen molar-refractivity contribution < 1.29 is 18.7 Å². The van der Waals surface area contributed by atoms with E-state index in [0.29, 0.717) is 26.4 Å². The minimum absolute atomic E-state index is 0.239. The number of benzene rings is 2. The largest absolute Gasteiger partial charge is 0.493 e. The summed E-state index contributed by atoms with van der Waals surface area (Å²) in [5, 5.41) is 0. The summed E-state index contributed by atoms with van der Waals surface area (Å²) in [7, 11) is 3.11. The molecule has 0 saturated carbocycles. The molecule has 1 aliphatic rings. The summed E-state index contributed by atoms with van der Waals surface area (Å²) in [6.07, 6.45) is 1.74. The summed E-state index contributed by atoms with van der Waals surface area (Å²) in [5.74, 6) is 0.579. The van der Waals surface area contributed by atoms with Gasteiger partial charge in [0.2, 0.25) is 0 Å². The summed E-state index contributed by atoms with van der Waals surface area (Å²) in [6.45, 7) is 0. The highest BCUT2D eigenvalue weighted by Gasteiger charge is 2.33. The molecule has 0 unspecified atom stereocenters. The van der Waals surface area contributed by atoms with Crippen LogP contribution in [0.3, 0.4) is 0 Å². The molecule has 1 fully saturated rings. The minimum Gasteiger partial charge on any atom is -0.493 e. The topological polar surface area (TPSA) is 38.8 Å². The quantitative estimate of drug-likeness (QED) is 0.590. The van der Waals surface area contributed by atoms with Gasteiger partial charge in [-0.2, -0.15) is 0 Å². The average molecular weight is 375 g/mol. The van der Waals surface area contributed by atoms with Gasteiger partial charge in [-0.15, -0.1) is 0 Å². The van der Waals surface area contributed by atoms with Crippen molar-refractivity contribution in [3.8, 4) is 11.5 Å². The van der Waals surface area contributed by atoms with Crippen LogP contribution in [0.25, 0.3) is 6.08 Å². The zero-order chi connectivity index (χ0) is 18.0. The first-order chi connectivity index (χ1) is 12.0. The van der Waals surface area contributed by atoms with Crippen molar-refractivity contribution in [1.82, 2.24) is 0 Å². The van der Waals surface area contributed by atoms with Gasteiger partial charge in [-0.25, -0.2) is 4.39 Å². The molecule has 7 heteroatoms. The molecule has 1 amide bonds. The molecular weight excluding hydrogens is 361 g/mol. The second-order valence-corrected chi connectivity index (χ2v) is 6.78. The van der Waals surface area contributed by atoms with Gasteiger partial charge in [0.15, 0.2) is 15.8 Å². The molecule has 3 rings (SSSR count).